The maximum Gasteiger partial charge on any atom is 0.339 e. The average molecular weight is 397 g/mol. The van der Waals surface area contributed by atoms with Crippen molar-refractivity contribution < 1.29 is 17.9 Å². The number of halogens is 1. The first-order valence-electron chi connectivity index (χ1n) is 5.49. The Hall–Kier alpha value is -0.670. The van der Waals surface area contributed by atoms with Crippen molar-refractivity contribution in [2.24, 2.45) is 0 Å². The Morgan fingerprint density at radius 3 is 2.37 bits per heavy atom. The van der Waals surface area contributed by atoms with Gasteiger partial charge in [-0.3, -0.25) is 0 Å². The number of hydrogen-bond donors (Lipinski definition) is 1. The van der Waals surface area contributed by atoms with Crippen LogP contribution in [0.25, 0.3) is 0 Å². The van der Waals surface area contributed by atoms with Crippen molar-refractivity contribution in [2.75, 3.05) is 7.11 Å². The van der Waals surface area contributed by atoms with Crippen LogP contribution in [0.15, 0.2) is 23.1 Å². The highest BCUT2D eigenvalue weighted by atomic mass is 127. The third-order valence-electron chi connectivity index (χ3n) is 2.08. The largest absolute Gasteiger partial charge is 0.465 e. The van der Waals surface area contributed by atoms with Crippen molar-refractivity contribution >= 4 is 38.6 Å². The lowest BCUT2D eigenvalue weighted by atomic mass is 10.1. The van der Waals surface area contributed by atoms with Crippen LogP contribution in [0.2, 0.25) is 0 Å². The first-order valence-corrected chi connectivity index (χ1v) is 8.05. The van der Waals surface area contributed by atoms with E-state index < -0.39 is 21.5 Å². The average Bonchev–Trinajstić information content (AvgIpc) is 2.24. The van der Waals surface area contributed by atoms with Gasteiger partial charge in [-0.25, -0.2) is 17.9 Å². The topological polar surface area (TPSA) is 72.5 Å². The molecule has 0 heterocycles. The Bertz CT molecular complexity index is 590. The molecule has 1 aromatic carbocycles. The smallest absolute Gasteiger partial charge is 0.339 e. The second-order valence-electron chi connectivity index (χ2n) is 4.99. The first-order chi connectivity index (χ1) is 8.57. The highest BCUT2D eigenvalue weighted by Gasteiger charge is 2.27. The van der Waals surface area contributed by atoms with E-state index in [0.717, 1.165) is 3.57 Å². The summed E-state index contributed by atoms with van der Waals surface area (Å²) in [5.74, 6) is -0.675. The van der Waals surface area contributed by atoms with Crippen LogP contribution in [0.3, 0.4) is 0 Å². The molecule has 1 rings (SSSR count). The number of sulfonamides is 1. The highest BCUT2D eigenvalue weighted by molar-refractivity contribution is 14.1. The molecule has 0 saturated heterocycles. The van der Waals surface area contributed by atoms with Crippen LogP contribution in [0.1, 0.15) is 31.1 Å². The van der Waals surface area contributed by atoms with E-state index in [1.807, 2.05) is 22.6 Å². The summed E-state index contributed by atoms with van der Waals surface area (Å²) in [7, 11) is -2.57. The Kier molecular flexibility index (Phi) is 4.97. The number of benzene rings is 1. The number of carbonyl (C=O) groups is 1. The van der Waals surface area contributed by atoms with Gasteiger partial charge in [0.2, 0.25) is 10.0 Å². The van der Waals surface area contributed by atoms with E-state index in [1.165, 1.54) is 19.2 Å². The maximum atomic E-state index is 12.3. The van der Waals surface area contributed by atoms with Crippen molar-refractivity contribution in [1.82, 2.24) is 4.72 Å². The van der Waals surface area contributed by atoms with E-state index in [9.17, 15) is 13.2 Å². The van der Waals surface area contributed by atoms with Crippen LogP contribution in [0.5, 0.6) is 0 Å². The number of methoxy groups -OCH3 is 1. The summed E-state index contributed by atoms with van der Waals surface area (Å²) in [6.07, 6.45) is 0. The van der Waals surface area contributed by atoms with E-state index >= 15 is 0 Å². The third-order valence-corrected chi connectivity index (χ3v) is 4.55. The minimum Gasteiger partial charge on any atom is -0.465 e. The van der Waals surface area contributed by atoms with E-state index in [2.05, 4.69) is 9.46 Å². The second kappa shape index (κ2) is 5.76. The first kappa shape index (κ1) is 16.4. The number of rotatable bonds is 3. The third kappa shape index (κ3) is 4.43. The zero-order chi connectivity index (χ0) is 14.8. The molecule has 0 aliphatic heterocycles. The number of carbonyl (C=O) groups excluding carboxylic acids is 1. The van der Waals surface area contributed by atoms with E-state index in [-0.39, 0.29) is 10.5 Å². The fraction of sp³-hybridized carbons (Fsp3) is 0.417. The van der Waals surface area contributed by atoms with Crippen LogP contribution in [0.4, 0.5) is 0 Å². The van der Waals surface area contributed by atoms with Crippen LogP contribution in [-0.4, -0.2) is 27.0 Å². The van der Waals surface area contributed by atoms with E-state index in [4.69, 9.17) is 0 Å². The Balaban J connectivity index is 3.40. The van der Waals surface area contributed by atoms with Crippen molar-refractivity contribution in [3.05, 3.63) is 27.3 Å². The summed E-state index contributed by atoms with van der Waals surface area (Å²) >= 11 is 1.99. The summed E-state index contributed by atoms with van der Waals surface area (Å²) in [4.78, 5) is 11.6. The summed E-state index contributed by atoms with van der Waals surface area (Å²) < 4.78 is 32.5. The minimum atomic E-state index is -3.78. The van der Waals surface area contributed by atoms with Crippen LogP contribution in [0, 0.1) is 3.57 Å². The molecule has 0 radical (unpaired) electrons. The second-order valence-corrected chi connectivity index (χ2v) is 7.88. The van der Waals surface area contributed by atoms with Crippen molar-refractivity contribution in [1.29, 1.82) is 0 Å². The monoisotopic (exact) mass is 397 g/mol. The van der Waals surface area contributed by atoms with Gasteiger partial charge >= 0.3 is 5.97 Å². The molecule has 19 heavy (non-hydrogen) atoms. The number of ether oxygens (including phenoxy) is 1. The molecule has 0 saturated carbocycles. The molecule has 1 N–H and O–H groups in total. The lowest BCUT2D eigenvalue weighted by molar-refractivity contribution is 0.0596. The fourth-order valence-corrected chi connectivity index (χ4v) is 3.80. The molecular weight excluding hydrogens is 381 g/mol. The van der Waals surface area contributed by atoms with Crippen LogP contribution < -0.4 is 4.72 Å². The molecule has 1 aromatic rings. The molecule has 0 aromatic heterocycles. The predicted octanol–water partition coefficient (Wildman–Crippen LogP) is 2.15. The molecule has 5 nitrogen and oxygen atoms in total. The van der Waals surface area contributed by atoms with Crippen LogP contribution >= 0.6 is 22.6 Å². The van der Waals surface area contributed by atoms with Gasteiger partial charge in [0.1, 0.15) is 0 Å². The van der Waals surface area contributed by atoms with Gasteiger partial charge < -0.3 is 4.74 Å². The summed E-state index contributed by atoms with van der Waals surface area (Å²) in [5, 5.41) is 0. The lowest BCUT2D eigenvalue weighted by Crippen LogP contribution is -2.41. The molecule has 7 heteroatoms. The SMILES string of the molecule is COC(=O)c1ccc(I)cc1S(=O)(=O)NC(C)(C)C. The van der Waals surface area contributed by atoms with Crippen molar-refractivity contribution in [3.63, 3.8) is 0 Å². The van der Waals surface area contributed by atoms with Gasteiger partial charge in [0.15, 0.2) is 0 Å². The Labute approximate surface area is 126 Å². The number of nitrogens with one attached hydrogen (secondary N) is 1. The van der Waals surface area contributed by atoms with Gasteiger partial charge in [0.25, 0.3) is 0 Å². The fourth-order valence-electron chi connectivity index (χ4n) is 1.46. The van der Waals surface area contributed by atoms with Gasteiger partial charge in [-0.15, -0.1) is 0 Å². The zero-order valence-electron chi connectivity index (χ0n) is 11.2. The molecule has 0 aliphatic carbocycles. The van der Waals surface area contributed by atoms with E-state index in [0.29, 0.717) is 0 Å². The molecule has 0 bridgehead atoms. The summed E-state index contributed by atoms with van der Waals surface area (Å²) in [6, 6.07) is 4.55. The number of esters is 1. The molecule has 0 spiro atoms. The minimum absolute atomic E-state index is 0.0275. The molecule has 0 aliphatic rings. The predicted molar refractivity (Wildman–Crippen MR) is 80.6 cm³/mol. The van der Waals surface area contributed by atoms with Gasteiger partial charge in [-0.1, -0.05) is 0 Å². The van der Waals surface area contributed by atoms with Gasteiger partial charge in [0, 0.05) is 9.11 Å². The van der Waals surface area contributed by atoms with Crippen molar-refractivity contribution in [3.8, 4) is 0 Å². The molecule has 106 valence electrons. The Morgan fingerprint density at radius 2 is 1.89 bits per heavy atom. The van der Waals surface area contributed by atoms with Gasteiger partial charge in [0.05, 0.1) is 17.6 Å². The standard InChI is InChI=1S/C12H16INO4S/c1-12(2,3)14-19(16,17)10-7-8(13)5-6-9(10)11(15)18-4/h5-7,14H,1-4H3. The maximum absolute atomic E-state index is 12.3. The molecule has 0 unspecified atom stereocenters. The van der Waals surface area contributed by atoms with Crippen LogP contribution in [-0.2, 0) is 14.8 Å². The normalized spacial score (nSPS) is 12.3. The molecular formula is C12H16INO4S. The zero-order valence-corrected chi connectivity index (χ0v) is 14.1. The molecule has 0 amide bonds. The Morgan fingerprint density at radius 1 is 1.32 bits per heavy atom. The lowest BCUT2D eigenvalue weighted by Gasteiger charge is -2.21. The summed E-state index contributed by atoms with van der Waals surface area (Å²) in [6.45, 7) is 5.20. The quantitative estimate of drug-likeness (QED) is 0.627. The summed E-state index contributed by atoms with van der Waals surface area (Å²) in [5.41, 5.74) is -0.604. The molecule has 0 fully saturated rings. The van der Waals surface area contributed by atoms with Gasteiger partial charge in [-0.2, -0.15) is 0 Å². The highest BCUT2D eigenvalue weighted by Crippen LogP contribution is 2.21. The van der Waals surface area contributed by atoms with Crippen molar-refractivity contribution in [2.45, 2.75) is 31.2 Å². The van der Waals surface area contributed by atoms with E-state index in [1.54, 1.807) is 26.8 Å². The van der Waals surface area contributed by atoms with Gasteiger partial charge in [-0.05, 0) is 61.6 Å². The number of hydrogen-bond acceptors (Lipinski definition) is 4. The molecule has 0 atom stereocenters.